The van der Waals surface area contributed by atoms with E-state index in [0.717, 1.165) is 16.1 Å². The first kappa shape index (κ1) is 25.6. The quantitative estimate of drug-likeness (QED) is 0.336. The number of amides is 1. The lowest BCUT2D eigenvalue weighted by Gasteiger charge is -2.11. The van der Waals surface area contributed by atoms with Gasteiger partial charge in [0.05, 0.1) is 12.2 Å². The minimum atomic E-state index is -0.911. The van der Waals surface area contributed by atoms with Crippen molar-refractivity contribution in [2.45, 2.75) is 27.2 Å². The van der Waals surface area contributed by atoms with E-state index in [1.807, 2.05) is 45.0 Å². The molecule has 2 aromatic rings. The number of hydrogen-bond acceptors (Lipinski definition) is 8. The number of nitrogens with zero attached hydrogens (tertiary/aromatic N) is 2. The molecule has 8 nitrogen and oxygen atoms in total. The fourth-order valence-electron chi connectivity index (χ4n) is 3.06. The minimum absolute atomic E-state index is 0.211. The van der Waals surface area contributed by atoms with Crippen LogP contribution in [-0.4, -0.2) is 45.2 Å². The van der Waals surface area contributed by atoms with Gasteiger partial charge in [-0.2, -0.15) is 5.26 Å². The molecule has 0 unspecified atom stereocenters. The molecule has 0 aliphatic heterocycles. The van der Waals surface area contributed by atoms with Crippen LogP contribution in [0.25, 0.3) is 6.08 Å². The maximum atomic E-state index is 12.4. The zero-order chi connectivity index (χ0) is 24.5. The highest BCUT2D eigenvalue weighted by Gasteiger charge is 2.24. The summed E-state index contributed by atoms with van der Waals surface area (Å²) in [5.74, 6) is -2.04. The summed E-state index contributed by atoms with van der Waals surface area (Å²) in [5, 5.41) is 12.3. The molecule has 0 saturated heterocycles. The van der Waals surface area contributed by atoms with Gasteiger partial charge in [-0.3, -0.25) is 4.79 Å². The molecule has 9 heteroatoms. The maximum absolute atomic E-state index is 12.4. The number of aryl methyl sites for hydroxylation is 1. The molecule has 1 aromatic heterocycles. The standard InChI is InChI=1S/C24H27N3O5S/c1-6-19-15(3)33-22(21(19)24(30)31-7-2)26-20(28)14-32-23(29)17(13-25)12-16-8-10-18(11-9-16)27(4)5/h8-12H,6-7,14H2,1-5H3,(H,26,28)/b17-12-. The van der Waals surface area contributed by atoms with Gasteiger partial charge >= 0.3 is 11.9 Å². The van der Waals surface area contributed by atoms with Gasteiger partial charge in [-0.15, -0.1) is 11.3 Å². The van der Waals surface area contributed by atoms with Crippen molar-refractivity contribution in [3.8, 4) is 6.07 Å². The highest BCUT2D eigenvalue weighted by atomic mass is 32.1. The molecule has 1 amide bonds. The third-order valence-corrected chi connectivity index (χ3v) is 5.75. The number of nitrogens with one attached hydrogen (secondary N) is 1. The maximum Gasteiger partial charge on any atom is 0.349 e. The Morgan fingerprint density at radius 1 is 1.15 bits per heavy atom. The van der Waals surface area contributed by atoms with Crippen molar-refractivity contribution in [3.05, 3.63) is 51.4 Å². The summed E-state index contributed by atoms with van der Waals surface area (Å²) in [7, 11) is 3.81. The largest absolute Gasteiger partial charge is 0.462 e. The van der Waals surface area contributed by atoms with Crippen molar-refractivity contribution in [1.29, 1.82) is 5.26 Å². The molecule has 1 N–H and O–H groups in total. The summed E-state index contributed by atoms with van der Waals surface area (Å²) < 4.78 is 10.1. The van der Waals surface area contributed by atoms with E-state index in [2.05, 4.69) is 5.32 Å². The molecular weight excluding hydrogens is 442 g/mol. The molecule has 0 fully saturated rings. The van der Waals surface area contributed by atoms with E-state index in [1.54, 1.807) is 25.1 Å². The normalized spacial score (nSPS) is 10.8. The van der Waals surface area contributed by atoms with Crippen LogP contribution in [0.3, 0.4) is 0 Å². The molecule has 1 heterocycles. The number of ether oxygens (including phenoxy) is 2. The van der Waals surface area contributed by atoms with E-state index in [1.165, 1.54) is 17.4 Å². The Kier molecular flexibility index (Phi) is 9.18. The Balaban J connectivity index is 2.07. The smallest absolute Gasteiger partial charge is 0.349 e. The monoisotopic (exact) mass is 469 g/mol. The number of thiophene rings is 1. The van der Waals surface area contributed by atoms with Gasteiger partial charge in [-0.05, 0) is 49.6 Å². The number of nitriles is 1. The van der Waals surface area contributed by atoms with Gasteiger partial charge in [0, 0.05) is 24.7 Å². The van der Waals surface area contributed by atoms with Crippen LogP contribution in [0.5, 0.6) is 0 Å². The van der Waals surface area contributed by atoms with E-state index in [9.17, 15) is 19.6 Å². The van der Waals surface area contributed by atoms with Crippen LogP contribution in [0, 0.1) is 18.3 Å². The molecule has 1 aromatic carbocycles. The molecule has 33 heavy (non-hydrogen) atoms. The minimum Gasteiger partial charge on any atom is -0.462 e. The van der Waals surface area contributed by atoms with Gasteiger partial charge in [0.1, 0.15) is 16.6 Å². The molecule has 0 atom stereocenters. The average Bonchev–Trinajstić information content (AvgIpc) is 3.10. The van der Waals surface area contributed by atoms with Crippen LogP contribution < -0.4 is 10.2 Å². The van der Waals surface area contributed by atoms with Crippen molar-refractivity contribution < 1.29 is 23.9 Å². The number of esters is 2. The number of hydrogen-bond donors (Lipinski definition) is 1. The lowest BCUT2D eigenvalue weighted by atomic mass is 10.1. The van der Waals surface area contributed by atoms with Crippen LogP contribution >= 0.6 is 11.3 Å². The molecule has 0 aliphatic carbocycles. The van der Waals surface area contributed by atoms with E-state index in [4.69, 9.17) is 9.47 Å². The number of benzene rings is 1. The molecule has 0 aliphatic rings. The lowest BCUT2D eigenvalue weighted by Crippen LogP contribution is -2.22. The van der Waals surface area contributed by atoms with Crippen LogP contribution in [-0.2, 0) is 25.5 Å². The number of rotatable bonds is 9. The van der Waals surface area contributed by atoms with Crippen molar-refractivity contribution in [2.24, 2.45) is 0 Å². The predicted octanol–water partition coefficient (Wildman–Crippen LogP) is 3.95. The van der Waals surface area contributed by atoms with Crippen LogP contribution in [0.2, 0.25) is 0 Å². The first-order valence-electron chi connectivity index (χ1n) is 10.4. The molecule has 0 bridgehead atoms. The van der Waals surface area contributed by atoms with Crippen LogP contribution in [0.4, 0.5) is 10.7 Å². The average molecular weight is 470 g/mol. The second-order valence-corrected chi connectivity index (χ2v) is 8.42. The molecular formula is C24H27N3O5S. The summed E-state index contributed by atoms with van der Waals surface area (Å²) in [6.45, 7) is 5.09. The molecule has 0 saturated carbocycles. The zero-order valence-corrected chi connectivity index (χ0v) is 20.2. The summed E-state index contributed by atoms with van der Waals surface area (Å²) in [6, 6.07) is 9.06. The van der Waals surface area contributed by atoms with Gasteiger partial charge in [0.15, 0.2) is 6.61 Å². The second-order valence-electron chi connectivity index (χ2n) is 7.20. The van der Waals surface area contributed by atoms with Crippen LogP contribution in [0.1, 0.15) is 40.2 Å². The third-order valence-electron chi connectivity index (χ3n) is 4.69. The van der Waals surface area contributed by atoms with E-state index in [-0.39, 0.29) is 12.2 Å². The fourth-order valence-corrected chi connectivity index (χ4v) is 4.20. The Hall–Kier alpha value is -3.64. The summed E-state index contributed by atoms with van der Waals surface area (Å²) in [6.07, 6.45) is 2.00. The highest BCUT2D eigenvalue weighted by Crippen LogP contribution is 2.34. The lowest BCUT2D eigenvalue weighted by molar-refractivity contribution is -0.142. The summed E-state index contributed by atoms with van der Waals surface area (Å²) in [4.78, 5) is 39.9. The number of anilines is 2. The van der Waals surface area contributed by atoms with Gasteiger partial charge < -0.3 is 19.7 Å². The first-order valence-corrected chi connectivity index (χ1v) is 11.2. The van der Waals surface area contributed by atoms with Crippen molar-refractivity contribution in [3.63, 3.8) is 0 Å². The highest BCUT2D eigenvalue weighted by molar-refractivity contribution is 7.16. The van der Waals surface area contributed by atoms with Crippen molar-refractivity contribution in [2.75, 3.05) is 37.5 Å². The Bertz CT molecular complexity index is 1090. The Morgan fingerprint density at radius 2 is 1.82 bits per heavy atom. The third kappa shape index (κ3) is 6.67. The Morgan fingerprint density at radius 3 is 2.36 bits per heavy atom. The fraction of sp³-hybridized carbons (Fsp3) is 0.333. The molecule has 0 radical (unpaired) electrons. The number of carbonyl (C=O) groups excluding carboxylic acids is 3. The molecule has 2 rings (SSSR count). The first-order chi connectivity index (χ1) is 15.7. The van der Waals surface area contributed by atoms with E-state index in [0.29, 0.717) is 22.5 Å². The summed E-state index contributed by atoms with van der Waals surface area (Å²) in [5.41, 5.74) is 2.52. The van der Waals surface area contributed by atoms with Crippen molar-refractivity contribution in [1.82, 2.24) is 0 Å². The van der Waals surface area contributed by atoms with Crippen LogP contribution in [0.15, 0.2) is 29.8 Å². The number of carbonyl (C=O) groups is 3. The van der Waals surface area contributed by atoms with E-state index >= 15 is 0 Å². The van der Waals surface area contributed by atoms with Gasteiger partial charge in [-0.1, -0.05) is 19.1 Å². The van der Waals surface area contributed by atoms with Crippen molar-refractivity contribution >= 4 is 45.9 Å². The molecule has 174 valence electrons. The van der Waals surface area contributed by atoms with Gasteiger partial charge in [-0.25, -0.2) is 9.59 Å². The zero-order valence-electron chi connectivity index (χ0n) is 19.4. The Labute approximate surface area is 197 Å². The van der Waals surface area contributed by atoms with Gasteiger partial charge in [0.25, 0.3) is 5.91 Å². The van der Waals surface area contributed by atoms with E-state index < -0.39 is 24.5 Å². The SMILES string of the molecule is CCOC(=O)c1c(NC(=O)COC(=O)/C(C#N)=C\c2ccc(N(C)C)cc2)sc(C)c1CC. The summed E-state index contributed by atoms with van der Waals surface area (Å²) >= 11 is 1.26. The van der Waals surface area contributed by atoms with Gasteiger partial charge in [0.2, 0.25) is 0 Å². The topological polar surface area (TPSA) is 109 Å². The molecule has 0 spiro atoms. The predicted molar refractivity (Wildman–Crippen MR) is 128 cm³/mol. The second kappa shape index (κ2) is 11.8.